The summed E-state index contributed by atoms with van der Waals surface area (Å²) in [6.07, 6.45) is 8.68. The second-order valence-electron chi connectivity index (χ2n) is 12.7. The van der Waals surface area contributed by atoms with E-state index in [9.17, 15) is 0 Å². The first kappa shape index (κ1) is 32.1. The molecule has 0 atom stereocenters. The molecule has 0 fully saturated rings. The molecule has 46 heavy (non-hydrogen) atoms. The van der Waals surface area contributed by atoms with E-state index in [0.29, 0.717) is 0 Å². The van der Waals surface area contributed by atoms with E-state index in [1.807, 2.05) is 48.8 Å². The first-order valence-electron chi connectivity index (χ1n) is 15.8. The summed E-state index contributed by atoms with van der Waals surface area (Å²) in [5, 5.41) is 2.27. The van der Waals surface area contributed by atoms with Gasteiger partial charge in [0, 0.05) is 31.7 Å². The molecule has 3 aromatic heterocycles. The van der Waals surface area contributed by atoms with Crippen LogP contribution in [0.1, 0.15) is 24.0 Å². The summed E-state index contributed by atoms with van der Waals surface area (Å²) in [5.41, 5.74) is 11.1. The minimum atomic E-state index is -1.72. The number of hydrogen-bond acceptors (Lipinski definition) is 3. The normalized spacial score (nSPS) is 12.6. The molecule has 3 nitrogen and oxygen atoms in total. The van der Waals surface area contributed by atoms with Crippen molar-refractivity contribution >= 4 is 39.6 Å². The number of rotatable bonds is 4. The van der Waals surface area contributed by atoms with Gasteiger partial charge in [0.05, 0.1) is 5.58 Å². The molecule has 0 amide bonds. The van der Waals surface area contributed by atoms with Crippen LogP contribution in [0.15, 0.2) is 120 Å². The van der Waals surface area contributed by atoms with Gasteiger partial charge in [-0.15, -0.1) is 18.2 Å². The average Bonchev–Trinajstić information content (AvgIpc) is 3.47. The number of nitrogens with zero attached hydrogens (tertiary/aromatic N) is 2. The van der Waals surface area contributed by atoms with Crippen molar-refractivity contribution in [1.82, 2.24) is 9.97 Å². The summed E-state index contributed by atoms with van der Waals surface area (Å²) < 4.78 is 7.79. The van der Waals surface area contributed by atoms with Crippen LogP contribution in [0.25, 0.3) is 55.6 Å². The maximum atomic E-state index is 6.35. The molecule has 5 heteroatoms. The van der Waals surface area contributed by atoms with Gasteiger partial charge in [0.15, 0.2) is 0 Å². The molecule has 0 bridgehead atoms. The number of aromatic nitrogens is 2. The number of pyridine rings is 2. The fourth-order valence-corrected chi connectivity index (χ4v) is 8.33. The molecule has 1 aliphatic rings. The Balaban J connectivity index is 0.000000187. The molecule has 1 aliphatic carbocycles. The second kappa shape index (κ2) is 13.9. The molecule has 0 saturated heterocycles. The maximum Gasteiger partial charge on any atom is 0.120 e. The van der Waals surface area contributed by atoms with E-state index in [1.54, 1.807) is 0 Å². The zero-order valence-electron chi connectivity index (χ0n) is 26.4. The van der Waals surface area contributed by atoms with Gasteiger partial charge in [0.25, 0.3) is 0 Å². The molecule has 0 N–H and O–H groups in total. The molecule has 0 spiro atoms. The van der Waals surface area contributed by atoms with Crippen LogP contribution in [-0.2, 0) is 32.9 Å². The summed E-state index contributed by atoms with van der Waals surface area (Å²) in [5.74, 6) is 7.14. The van der Waals surface area contributed by atoms with E-state index in [0.717, 1.165) is 57.3 Å². The first-order chi connectivity index (χ1) is 22.0. The van der Waals surface area contributed by atoms with Crippen LogP contribution < -0.4 is 4.40 Å². The van der Waals surface area contributed by atoms with E-state index in [1.165, 1.54) is 39.5 Å². The van der Waals surface area contributed by atoms with Crippen molar-refractivity contribution in [3.8, 4) is 33.6 Å². The van der Waals surface area contributed by atoms with Gasteiger partial charge in [0.1, 0.15) is 5.58 Å². The van der Waals surface area contributed by atoms with E-state index >= 15 is 0 Å². The Morgan fingerprint density at radius 1 is 0.717 bits per heavy atom. The van der Waals surface area contributed by atoms with Crippen molar-refractivity contribution in [3.63, 3.8) is 0 Å². The van der Waals surface area contributed by atoms with Gasteiger partial charge >= 0.3 is 99.8 Å². The van der Waals surface area contributed by atoms with E-state index in [2.05, 4.69) is 101 Å². The Labute approximate surface area is 287 Å². The fraction of sp³-hybridized carbons (Fsp3) is 0.171. The third-order valence-corrected chi connectivity index (χ3v) is 12.9. The molecule has 8 rings (SSSR count). The van der Waals surface area contributed by atoms with Crippen LogP contribution in [0.4, 0.5) is 0 Å². The molecule has 0 saturated carbocycles. The molecule has 3 heterocycles. The summed E-state index contributed by atoms with van der Waals surface area (Å²) in [4.78, 5) is 9.29. The van der Waals surface area contributed by atoms with Crippen molar-refractivity contribution in [2.24, 2.45) is 0 Å². The Kier molecular flexibility index (Phi) is 9.70. The van der Waals surface area contributed by atoms with Crippen LogP contribution in [0.3, 0.4) is 0 Å². The smallest absolute Gasteiger partial charge is 0.120 e. The quantitative estimate of drug-likeness (QED) is 0.131. The van der Waals surface area contributed by atoms with Crippen molar-refractivity contribution in [3.05, 3.63) is 139 Å². The molecule has 0 aliphatic heterocycles. The summed E-state index contributed by atoms with van der Waals surface area (Å²) >= 11 is -1.72. The van der Waals surface area contributed by atoms with Crippen LogP contribution in [0.5, 0.6) is 0 Å². The van der Waals surface area contributed by atoms with Gasteiger partial charge < -0.3 is 9.40 Å². The summed E-state index contributed by atoms with van der Waals surface area (Å²) in [6.45, 7) is 0. The minimum absolute atomic E-state index is 0. The Morgan fingerprint density at radius 2 is 1.54 bits per heavy atom. The predicted molar refractivity (Wildman–Crippen MR) is 189 cm³/mol. The van der Waals surface area contributed by atoms with Gasteiger partial charge in [-0.25, -0.2) is 0 Å². The van der Waals surface area contributed by atoms with Crippen molar-refractivity contribution in [2.75, 3.05) is 0 Å². The molecule has 4 aromatic carbocycles. The topological polar surface area (TPSA) is 38.9 Å². The van der Waals surface area contributed by atoms with Gasteiger partial charge in [0.2, 0.25) is 0 Å². The van der Waals surface area contributed by atoms with E-state index in [4.69, 9.17) is 9.40 Å². The first-order valence-corrected chi connectivity index (χ1v) is 23.1. The molecular formula is C41H36GeIrN2O-2. The zero-order valence-corrected chi connectivity index (χ0v) is 30.9. The molecule has 231 valence electrons. The summed E-state index contributed by atoms with van der Waals surface area (Å²) in [7, 11) is 0. The van der Waals surface area contributed by atoms with Crippen LogP contribution in [0.2, 0.25) is 17.3 Å². The number of benzene rings is 4. The monoisotopic (exact) mass is 839 g/mol. The molecule has 1 radical (unpaired) electrons. The largest absolute Gasteiger partial charge is 0.501 e. The maximum absolute atomic E-state index is 6.35. The third kappa shape index (κ3) is 6.66. The van der Waals surface area contributed by atoms with Crippen molar-refractivity contribution in [1.29, 1.82) is 0 Å². The molecule has 0 unspecified atom stereocenters. The predicted octanol–water partition coefficient (Wildman–Crippen LogP) is 10.1. The second-order valence-corrected chi connectivity index (χ2v) is 23.4. The number of hydrogen-bond donors (Lipinski definition) is 0. The Bertz CT molecular complexity index is 2080. The molecular weight excluding hydrogens is 801 g/mol. The fourth-order valence-electron chi connectivity index (χ4n) is 6.16. The van der Waals surface area contributed by atoms with Gasteiger partial charge in [-0.2, -0.15) is 0 Å². The SMILES string of the molecule is [CH3][Ge]([CH3])([CH3])[c]1ccc(-c2[c-]cccc2)nc1.[Ir].[c-]1ccc2c(oc3ccc(-c4ccccc4)cc32)c1-c1nccc2c1CCCC2. The van der Waals surface area contributed by atoms with Crippen LogP contribution in [0, 0.1) is 12.1 Å². The number of furan rings is 1. The van der Waals surface area contributed by atoms with Gasteiger partial charge in [-0.1, -0.05) is 58.5 Å². The van der Waals surface area contributed by atoms with Gasteiger partial charge in [-0.05, 0) is 60.7 Å². The van der Waals surface area contributed by atoms with Crippen LogP contribution >= 0.6 is 0 Å². The average molecular weight is 838 g/mol. The summed E-state index contributed by atoms with van der Waals surface area (Å²) in [6, 6.07) is 42.1. The standard InChI is InChI=1S/C27H20NO.C14H16GeN.Ir/c1-2-7-18(8-3-1)20-13-14-25-24(17-20)22-11-6-12-23(27(22)29-25)26-21-10-5-4-9-19(21)15-16-28-26;1-15(2,3)13-9-10-14(16-11-13)12-7-5-4-6-8-12;/h1-3,6-8,11,13-17H,4-5,9-10H2;4-7,9-11H,1-3H3;/q2*-1;. The Hall–Kier alpha value is -3.83. The van der Waals surface area contributed by atoms with Crippen molar-refractivity contribution < 1.29 is 24.5 Å². The van der Waals surface area contributed by atoms with E-state index < -0.39 is 13.3 Å². The minimum Gasteiger partial charge on any atom is -0.501 e. The number of aryl methyl sites for hydroxylation is 1. The van der Waals surface area contributed by atoms with Crippen molar-refractivity contribution in [2.45, 2.75) is 43.0 Å². The third-order valence-electron chi connectivity index (χ3n) is 8.67. The Morgan fingerprint density at radius 3 is 2.30 bits per heavy atom. The van der Waals surface area contributed by atoms with E-state index in [-0.39, 0.29) is 20.1 Å². The molecule has 7 aromatic rings. The number of fused-ring (bicyclic) bond motifs is 4. The van der Waals surface area contributed by atoms with Crippen LogP contribution in [-0.4, -0.2) is 23.2 Å². The van der Waals surface area contributed by atoms with Gasteiger partial charge in [-0.3, -0.25) is 0 Å². The zero-order chi connectivity index (χ0) is 30.8.